The number of benzene rings is 1. The zero-order valence-corrected chi connectivity index (χ0v) is 22.6. The average Bonchev–Trinajstić information content (AvgIpc) is 3.27. The van der Waals surface area contributed by atoms with E-state index in [0.717, 1.165) is 43.9 Å². The lowest BCUT2D eigenvalue weighted by molar-refractivity contribution is -0.158. The van der Waals surface area contributed by atoms with E-state index < -0.39 is 52.6 Å². The molecule has 1 saturated carbocycles. The van der Waals surface area contributed by atoms with E-state index in [-0.39, 0.29) is 42.1 Å². The molecule has 3 aliphatic rings. The maximum absolute atomic E-state index is 14.9. The Hall–Kier alpha value is -3.22. The number of rotatable bonds is 7. The van der Waals surface area contributed by atoms with Crippen molar-refractivity contribution in [1.82, 2.24) is 4.90 Å². The molecule has 0 spiro atoms. The van der Waals surface area contributed by atoms with Crippen LogP contribution >= 0.6 is 0 Å². The van der Waals surface area contributed by atoms with Crippen LogP contribution in [0.3, 0.4) is 0 Å². The number of hydrogen-bond donors (Lipinski definition) is 0. The van der Waals surface area contributed by atoms with Crippen LogP contribution < -0.4 is 4.90 Å². The van der Waals surface area contributed by atoms with E-state index in [4.69, 9.17) is 14.2 Å². The molecular formula is C26H33FN2O9S. The quantitative estimate of drug-likeness (QED) is 0.357. The van der Waals surface area contributed by atoms with Crippen LogP contribution in [0, 0.1) is 11.7 Å². The fourth-order valence-electron chi connectivity index (χ4n) is 5.25. The predicted molar refractivity (Wildman–Crippen MR) is 136 cm³/mol. The van der Waals surface area contributed by atoms with Crippen LogP contribution in [0.1, 0.15) is 63.4 Å². The zero-order chi connectivity index (χ0) is 28.2. The average molecular weight is 569 g/mol. The molecule has 1 atom stereocenters. The second-order valence-electron chi connectivity index (χ2n) is 10.2. The smallest absolute Gasteiger partial charge is 0.419 e. The first kappa shape index (κ1) is 28.8. The molecule has 1 aromatic rings. The van der Waals surface area contributed by atoms with Crippen LogP contribution in [0.5, 0.6) is 0 Å². The topological polar surface area (TPSA) is 137 Å². The molecule has 2 aliphatic heterocycles. The van der Waals surface area contributed by atoms with Crippen LogP contribution in [-0.2, 0) is 33.6 Å². The predicted octanol–water partition coefficient (Wildman–Crippen LogP) is 3.51. The highest BCUT2D eigenvalue weighted by Crippen LogP contribution is 2.33. The van der Waals surface area contributed by atoms with Crippen molar-refractivity contribution < 1.29 is 46.2 Å². The van der Waals surface area contributed by atoms with Gasteiger partial charge in [0.2, 0.25) is 12.7 Å². The molecule has 3 fully saturated rings. The first-order chi connectivity index (χ1) is 18.5. The van der Waals surface area contributed by atoms with E-state index in [0.29, 0.717) is 18.4 Å². The van der Waals surface area contributed by atoms with Gasteiger partial charge in [-0.25, -0.2) is 27.3 Å². The minimum absolute atomic E-state index is 0.0109. The summed E-state index contributed by atoms with van der Waals surface area (Å²) < 4.78 is 53.6. The second-order valence-corrected chi connectivity index (χ2v) is 12.5. The lowest BCUT2D eigenvalue weighted by Crippen LogP contribution is -2.42. The van der Waals surface area contributed by atoms with Crippen LogP contribution in [0.15, 0.2) is 18.2 Å². The number of cyclic esters (lactones) is 1. The molecule has 13 heteroatoms. The highest BCUT2D eigenvalue weighted by Gasteiger charge is 2.37. The molecular weight excluding hydrogens is 535 g/mol. The van der Waals surface area contributed by atoms with E-state index in [1.54, 1.807) is 12.1 Å². The standard InChI is InChI=1S/C26H33FN2O9S/c1-17(30)28(25(32)37-16-36-24(31)19-5-3-2-4-6-19)14-21-15-29(26(33)38-21)20-7-8-22(23(27)13-20)18-9-11-39(34,35)12-10-18/h7-8,13,18-19,21H,2-6,9-12,14-16H2,1H3/t21-/m0/s1. The summed E-state index contributed by atoms with van der Waals surface area (Å²) >= 11 is 0. The Balaban J connectivity index is 1.31. The summed E-state index contributed by atoms with van der Waals surface area (Å²) in [6, 6.07) is 4.30. The Kier molecular flexibility index (Phi) is 9.08. The highest BCUT2D eigenvalue weighted by atomic mass is 32.2. The molecule has 0 radical (unpaired) electrons. The highest BCUT2D eigenvalue weighted by molar-refractivity contribution is 7.91. The number of nitrogens with zero attached hydrogens (tertiary/aromatic N) is 2. The van der Waals surface area contributed by atoms with Gasteiger partial charge in [0.15, 0.2) is 0 Å². The van der Waals surface area contributed by atoms with Crippen molar-refractivity contribution >= 4 is 39.6 Å². The van der Waals surface area contributed by atoms with Crippen molar-refractivity contribution in [3.8, 4) is 0 Å². The Bertz CT molecular complexity index is 1200. The number of ether oxygens (including phenoxy) is 3. The summed E-state index contributed by atoms with van der Waals surface area (Å²) in [6.07, 6.45) is 2.38. The van der Waals surface area contributed by atoms with E-state index in [9.17, 15) is 32.0 Å². The maximum atomic E-state index is 14.9. The third kappa shape index (κ3) is 7.25. The summed E-state index contributed by atoms with van der Waals surface area (Å²) in [5.74, 6) is -2.07. The van der Waals surface area contributed by atoms with Crippen LogP contribution in [0.2, 0.25) is 0 Å². The minimum atomic E-state index is -3.08. The Labute approximate surface area is 226 Å². The van der Waals surface area contributed by atoms with Gasteiger partial charge in [-0.2, -0.15) is 0 Å². The number of carbonyl (C=O) groups is 4. The number of hydrogen-bond acceptors (Lipinski definition) is 9. The van der Waals surface area contributed by atoms with Crippen molar-refractivity contribution in [2.45, 2.75) is 63.9 Å². The molecule has 214 valence electrons. The number of anilines is 1. The summed E-state index contributed by atoms with van der Waals surface area (Å²) in [5.41, 5.74) is 0.631. The number of sulfone groups is 1. The molecule has 4 rings (SSSR count). The summed E-state index contributed by atoms with van der Waals surface area (Å²) in [6.45, 7) is 0.165. The van der Waals surface area contributed by atoms with Crippen molar-refractivity contribution in [2.75, 3.05) is 36.3 Å². The largest absolute Gasteiger partial charge is 0.442 e. The van der Waals surface area contributed by atoms with Gasteiger partial charge in [-0.05, 0) is 49.3 Å². The third-order valence-corrected chi connectivity index (χ3v) is 9.19. The molecule has 0 N–H and O–H groups in total. The van der Waals surface area contributed by atoms with Crippen molar-refractivity contribution in [3.63, 3.8) is 0 Å². The van der Waals surface area contributed by atoms with Gasteiger partial charge in [0.25, 0.3) is 0 Å². The molecule has 3 amide bonds. The Morgan fingerprint density at radius 1 is 1.08 bits per heavy atom. The van der Waals surface area contributed by atoms with Crippen molar-refractivity contribution in [2.24, 2.45) is 5.92 Å². The normalized spacial score (nSPS) is 21.7. The monoisotopic (exact) mass is 568 g/mol. The molecule has 0 unspecified atom stereocenters. The van der Waals surface area contributed by atoms with Gasteiger partial charge in [-0.3, -0.25) is 14.5 Å². The first-order valence-electron chi connectivity index (χ1n) is 13.1. The molecule has 0 aromatic heterocycles. The number of halogens is 1. The molecule has 0 bridgehead atoms. The van der Waals surface area contributed by atoms with E-state index >= 15 is 0 Å². The van der Waals surface area contributed by atoms with Gasteiger partial charge in [-0.1, -0.05) is 25.3 Å². The lowest BCUT2D eigenvalue weighted by Gasteiger charge is -2.23. The second kappa shape index (κ2) is 12.3. The molecule has 11 nitrogen and oxygen atoms in total. The van der Waals surface area contributed by atoms with Crippen LogP contribution in [0.25, 0.3) is 0 Å². The maximum Gasteiger partial charge on any atom is 0.419 e. The van der Waals surface area contributed by atoms with Crippen LogP contribution in [0.4, 0.5) is 19.7 Å². The summed E-state index contributed by atoms with van der Waals surface area (Å²) in [7, 11) is -3.08. The van der Waals surface area contributed by atoms with Crippen molar-refractivity contribution in [3.05, 3.63) is 29.6 Å². The number of amides is 3. The fourth-order valence-corrected chi connectivity index (χ4v) is 6.74. The first-order valence-corrected chi connectivity index (χ1v) is 15.0. The van der Waals surface area contributed by atoms with E-state index in [1.807, 2.05) is 0 Å². The summed E-state index contributed by atoms with van der Waals surface area (Å²) in [5, 5.41) is 0. The van der Waals surface area contributed by atoms with Gasteiger partial charge < -0.3 is 14.2 Å². The van der Waals surface area contributed by atoms with Gasteiger partial charge in [0, 0.05) is 6.92 Å². The summed E-state index contributed by atoms with van der Waals surface area (Å²) in [4.78, 5) is 51.2. The van der Waals surface area contributed by atoms with E-state index in [1.165, 1.54) is 11.0 Å². The van der Waals surface area contributed by atoms with Crippen LogP contribution in [-0.4, -0.2) is 74.9 Å². The van der Waals surface area contributed by atoms with Gasteiger partial charge in [0.05, 0.1) is 36.2 Å². The number of esters is 1. The number of carbonyl (C=O) groups excluding carboxylic acids is 4. The zero-order valence-electron chi connectivity index (χ0n) is 21.8. The fraction of sp³-hybridized carbons (Fsp3) is 0.615. The number of imide groups is 1. The SMILES string of the molecule is CC(=O)N(C[C@H]1CN(c2ccc(C3CCS(=O)(=O)CC3)c(F)c2)C(=O)O1)C(=O)OCOC(=O)C1CCCCC1. The molecule has 2 saturated heterocycles. The van der Waals surface area contributed by atoms with E-state index in [2.05, 4.69) is 0 Å². The minimum Gasteiger partial charge on any atom is -0.442 e. The molecule has 2 heterocycles. The molecule has 39 heavy (non-hydrogen) atoms. The molecule has 1 aliphatic carbocycles. The lowest BCUT2D eigenvalue weighted by atomic mass is 9.89. The molecule has 1 aromatic carbocycles. The van der Waals surface area contributed by atoms with Gasteiger partial charge in [-0.15, -0.1) is 0 Å². The van der Waals surface area contributed by atoms with Gasteiger partial charge >= 0.3 is 18.2 Å². The van der Waals surface area contributed by atoms with Gasteiger partial charge in [0.1, 0.15) is 21.8 Å². The Morgan fingerprint density at radius 3 is 2.41 bits per heavy atom. The third-order valence-electron chi connectivity index (χ3n) is 7.47. The van der Waals surface area contributed by atoms with Crippen molar-refractivity contribution in [1.29, 1.82) is 0 Å². The Morgan fingerprint density at radius 2 is 1.77 bits per heavy atom.